The van der Waals surface area contributed by atoms with E-state index in [0.717, 1.165) is 22.0 Å². The van der Waals surface area contributed by atoms with Gasteiger partial charge in [0.2, 0.25) is 0 Å². The van der Waals surface area contributed by atoms with Crippen molar-refractivity contribution in [3.05, 3.63) is 40.4 Å². The van der Waals surface area contributed by atoms with Crippen molar-refractivity contribution in [1.29, 1.82) is 5.26 Å². The first kappa shape index (κ1) is 10.8. The second-order valence-electron chi connectivity index (χ2n) is 3.08. The van der Waals surface area contributed by atoms with Crippen molar-refractivity contribution in [2.45, 2.75) is 13.3 Å². The van der Waals surface area contributed by atoms with E-state index in [-0.39, 0.29) is 0 Å². The molecule has 0 saturated carbocycles. The average Bonchev–Trinajstić information content (AvgIpc) is 2.09. The lowest BCUT2D eigenvalue weighted by molar-refractivity contribution is 0.501. The molecular weight excluding hydrogens is 242 g/mol. The Labute approximate surface area is 91.9 Å². The summed E-state index contributed by atoms with van der Waals surface area (Å²) >= 11 is 3.37. The third-order valence-corrected chi connectivity index (χ3v) is 2.16. The number of allylic oxidation sites excluding steroid dienone is 1. The van der Waals surface area contributed by atoms with Gasteiger partial charge in [-0.2, -0.15) is 0 Å². The molecule has 0 aliphatic heterocycles. The zero-order chi connectivity index (χ0) is 10.6. The van der Waals surface area contributed by atoms with Crippen molar-refractivity contribution in [2.75, 3.05) is 0 Å². The minimum atomic E-state index is 0.596. The molecule has 0 fully saturated rings. The van der Waals surface area contributed by atoms with Crippen LogP contribution in [0.3, 0.4) is 0 Å². The van der Waals surface area contributed by atoms with Crippen molar-refractivity contribution in [3.8, 4) is 12.0 Å². The zero-order valence-corrected chi connectivity index (χ0v) is 9.47. The highest BCUT2D eigenvalue weighted by atomic mass is 79.9. The summed E-state index contributed by atoms with van der Waals surface area (Å²) in [5.74, 6) is 0.596. The number of benzene rings is 1. The molecule has 0 heterocycles. The maximum absolute atomic E-state index is 8.44. The van der Waals surface area contributed by atoms with E-state index in [1.54, 1.807) is 12.3 Å². The summed E-state index contributed by atoms with van der Waals surface area (Å²) in [4.78, 5) is 0. The van der Waals surface area contributed by atoms with Gasteiger partial charge >= 0.3 is 0 Å². The molecule has 0 aromatic heterocycles. The first-order valence-electron chi connectivity index (χ1n) is 4.12. The third-order valence-electron chi connectivity index (χ3n) is 1.67. The molecule has 2 nitrogen and oxygen atoms in total. The van der Waals surface area contributed by atoms with Crippen LogP contribution in [0.5, 0.6) is 5.75 Å². The third kappa shape index (κ3) is 2.90. The smallest absolute Gasteiger partial charge is 0.292 e. The van der Waals surface area contributed by atoms with Crippen LogP contribution < -0.4 is 4.74 Å². The number of nitriles is 1. The molecule has 1 aromatic rings. The Kier molecular flexibility index (Phi) is 3.73. The molecule has 0 aliphatic carbocycles. The van der Waals surface area contributed by atoms with Crippen LogP contribution in [0, 0.1) is 11.5 Å². The molecule has 0 saturated heterocycles. The molecule has 0 radical (unpaired) electrons. The van der Waals surface area contributed by atoms with Gasteiger partial charge in [0.15, 0.2) is 0 Å². The van der Waals surface area contributed by atoms with E-state index in [1.165, 1.54) is 0 Å². The molecule has 1 aromatic carbocycles. The van der Waals surface area contributed by atoms with Crippen LogP contribution in [0.1, 0.15) is 12.5 Å². The van der Waals surface area contributed by atoms with Gasteiger partial charge in [-0.3, -0.25) is 0 Å². The molecular formula is C11H10BrNO. The summed E-state index contributed by atoms with van der Waals surface area (Å²) in [6.45, 7) is 5.77. The van der Waals surface area contributed by atoms with E-state index >= 15 is 0 Å². The summed E-state index contributed by atoms with van der Waals surface area (Å²) in [6.07, 6.45) is 2.39. The average molecular weight is 252 g/mol. The lowest BCUT2D eigenvalue weighted by atomic mass is 10.1. The fourth-order valence-corrected chi connectivity index (χ4v) is 1.57. The molecule has 0 amide bonds. The van der Waals surface area contributed by atoms with Crippen LogP contribution >= 0.6 is 15.9 Å². The summed E-state index contributed by atoms with van der Waals surface area (Å²) in [6, 6.07) is 5.54. The van der Waals surface area contributed by atoms with Crippen molar-refractivity contribution >= 4 is 15.9 Å². The van der Waals surface area contributed by atoms with Gasteiger partial charge in [0.1, 0.15) is 5.75 Å². The normalized spacial score (nSPS) is 9.21. The molecule has 0 spiro atoms. The maximum atomic E-state index is 8.44. The van der Waals surface area contributed by atoms with Gasteiger partial charge in [-0.05, 0) is 31.5 Å². The van der Waals surface area contributed by atoms with Gasteiger partial charge < -0.3 is 4.74 Å². The lowest BCUT2D eigenvalue weighted by Gasteiger charge is -2.06. The van der Waals surface area contributed by atoms with E-state index in [4.69, 9.17) is 10.00 Å². The zero-order valence-electron chi connectivity index (χ0n) is 7.88. The van der Waals surface area contributed by atoms with Crippen LogP contribution in [-0.2, 0) is 6.42 Å². The Bertz CT molecular complexity index is 393. The van der Waals surface area contributed by atoms with Gasteiger partial charge in [-0.25, -0.2) is 0 Å². The van der Waals surface area contributed by atoms with Gasteiger partial charge in [-0.15, -0.1) is 5.26 Å². The second-order valence-corrected chi connectivity index (χ2v) is 3.99. The topological polar surface area (TPSA) is 33.0 Å². The summed E-state index contributed by atoms with van der Waals surface area (Å²) in [5.41, 5.74) is 2.00. The fraction of sp³-hybridized carbons (Fsp3) is 0.182. The predicted molar refractivity (Wildman–Crippen MR) is 58.9 cm³/mol. The minimum Gasteiger partial charge on any atom is -0.388 e. The Balaban J connectivity index is 3.03. The Morgan fingerprint density at radius 2 is 2.36 bits per heavy atom. The number of rotatable bonds is 3. The minimum absolute atomic E-state index is 0.596. The number of halogens is 1. The summed E-state index contributed by atoms with van der Waals surface area (Å²) in [5, 5.41) is 8.44. The molecule has 72 valence electrons. The van der Waals surface area contributed by atoms with Crippen LogP contribution in [0.15, 0.2) is 34.8 Å². The second kappa shape index (κ2) is 4.83. The lowest BCUT2D eigenvalue weighted by Crippen LogP contribution is -1.92. The Morgan fingerprint density at radius 1 is 1.64 bits per heavy atom. The number of ether oxygens (including phenoxy) is 1. The van der Waals surface area contributed by atoms with Crippen LogP contribution in [0.2, 0.25) is 0 Å². The molecule has 0 atom stereocenters. The molecule has 0 aliphatic rings. The largest absolute Gasteiger partial charge is 0.388 e. The molecule has 1 rings (SSSR count). The van der Waals surface area contributed by atoms with Gasteiger partial charge in [0.05, 0.1) is 0 Å². The number of hydrogen-bond acceptors (Lipinski definition) is 2. The van der Waals surface area contributed by atoms with Crippen LogP contribution in [-0.4, -0.2) is 0 Å². The highest BCUT2D eigenvalue weighted by Crippen LogP contribution is 2.25. The highest BCUT2D eigenvalue weighted by Gasteiger charge is 2.04. The standard InChI is InChI=1S/C11H10BrNO/c1-8(2)5-9-6-10(12)3-4-11(9)14-7-13/h3-4,6H,1,5H2,2H3. The first-order valence-corrected chi connectivity index (χ1v) is 4.91. The quantitative estimate of drug-likeness (QED) is 0.609. The fourth-order valence-electron chi connectivity index (χ4n) is 1.16. The maximum Gasteiger partial charge on any atom is 0.292 e. The van der Waals surface area contributed by atoms with E-state index in [9.17, 15) is 0 Å². The number of hydrogen-bond donors (Lipinski definition) is 0. The SMILES string of the molecule is C=C(C)Cc1cc(Br)ccc1OC#N. The monoisotopic (exact) mass is 251 g/mol. The summed E-state index contributed by atoms with van der Waals surface area (Å²) < 4.78 is 5.81. The first-order chi connectivity index (χ1) is 6.63. The van der Waals surface area contributed by atoms with E-state index in [2.05, 4.69) is 22.5 Å². The van der Waals surface area contributed by atoms with Crippen LogP contribution in [0.25, 0.3) is 0 Å². The molecule has 14 heavy (non-hydrogen) atoms. The molecule has 3 heteroatoms. The Hall–Kier alpha value is -1.27. The van der Waals surface area contributed by atoms with Gasteiger partial charge in [0, 0.05) is 10.0 Å². The van der Waals surface area contributed by atoms with Crippen LogP contribution in [0.4, 0.5) is 0 Å². The summed E-state index contributed by atoms with van der Waals surface area (Å²) in [7, 11) is 0. The molecule has 0 N–H and O–H groups in total. The van der Waals surface area contributed by atoms with Crippen molar-refractivity contribution in [2.24, 2.45) is 0 Å². The van der Waals surface area contributed by atoms with Gasteiger partial charge in [-0.1, -0.05) is 28.1 Å². The van der Waals surface area contributed by atoms with Crippen molar-refractivity contribution in [1.82, 2.24) is 0 Å². The predicted octanol–water partition coefficient (Wildman–Crippen LogP) is 3.43. The number of nitrogens with zero attached hydrogens (tertiary/aromatic N) is 1. The highest BCUT2D eigenvalue weighted by molar-refractivity contribution is 9.10. The Morgan fingerprint density at radius 3 is 2.93 bits per heavy atom. The van der Waals surface area contributed by atoms with Crippen molar-refractivity contribution in [3.63, 3.8) is 0 Å². The van der Waals surface area contributed by atoms with Crippen molar-refractivity contribution < 1.29 is 4.74 Å². The molecule has 0 unspecified atom stereocenters. The van der Waals surface area contributed by atoms with E-state index < -0.39 is 0 Å². The van der Waals surface area contributed by atoms with E-state index in [0.29, 0.717) is 5.75 Å². The van der Waals surface area contributed by atoms with E-state index in [1.807, 2.05) is 19.1 Å². The van der Waals surface area contributed by atoms with Gasteiger partial charge in [0.25, 0.3) is 6.26 Å². The molecule has 0 bridgehead atoms.